The molecular formula is C10H12BrNOS. The highest BCUT2D eigenvalue weighted by atomic mass is 79.9. The minimum atomic E-state index is 0.349. The van der Waals surface area contributed by atoms with Crippen LogP contribution in [-0.4, -0.2) is 22.6 Å². The normalized spacial score (nSPS) is 18.1. The van der Waals surface area contributed by atoms with Crippen LogP contribution < -0.4 is 4.74 Å². The summed E-state index contributed by atoms with van der Waals surface area (Å²) in [5.74, 6) is 3.13. The Bertz CT molecular complexity index is 302. The Morgan fingerprint density at radius 2 is 2.21 bits per heavy atom. The Labute approximate surface area is 96.6 Å². The van der Waals surface area contributed by atoms with E-state index in [0.29, 0.717) is 6.10 Å². The van der Waals surface area contributed by atoms with Crippen LogP contribution in [0.1, 0.15) is 12.8 Å². The highest BCUT2D eigenvalue weighted by Gasteiger charge is 2.16. The molecule has 0 N–H and O–H groups in total. The Morgan fingerprint density at radius 1 is 1.43 bits per heavy atom. The molecule has 1 saturated heterocycles. The molecule has 0 atom stereocenters. The largest absolute Gasteiger partial charge is 0.473 e. The molecule has 1 aromatic heterocycles. The van der Waals surface area contributed by atoms with Gasteiger partial charge in [0.25, 0.3) is 0 Å². The minimum absolute atomic E-state index is 0.349. The minimum Gasteiger partial charge on any atom is -0.473 e. The Kier molecular flexibility index (Phi) is 3.70. The predicted molar refractivity (Wildman–Crippen MR) is 62.9 cm³/mol. The molecule has 0 unspecified atom stereocenters. The van der Waals surface area contributed by atoms with E-state index in [1.165, 1.54) is 11.5 Å². The van der Waals surface area contributed by atoms with Gasteiger partial charge in [0.15, 0.2) is 0 Å². The van der Waals surface area contributed by atoms with Crippen molar-refractivity contribution in [1.82, 2.24) is 4.98 Å². The number of thioether (sulfide) groups is 1. The highest BCUT2D eigenvalue weighted by Crippen LogP contribution is 2.26. The summed E-state index contributed by atoms with van der Waals surface area (Å²) in [5.41, 5.74) is 0. The molecule has 0 bridgehead atoms. The van der Waals surface area contributed by atoms with E-state index in [9.17, 15) is 0 Å². The second kappa shape index (κ2) is 5.03. The molecule has 1 aliphatic rings. The van der Waals surface area contributed by atoms with Crippen LogP contribution in [0.4, 0.5) is 0 Å². The lowest BCUT2D eigenvalue weighted by atomic mass is 10.2. The van der Waals surface area contributed by atoms with E-state index in [1.54, 1.807) is 6.20 Å². The Morgan fingerprint density at radius 3 is 2.93 bits per heavy atom. The van der Waals surface area contributed by atoms with Crippen LogP contribution in [0.3, 0.4) is 0 Å². The summed E-state index contributed by atoms with van der Waals surface area (Å²) in [6.07, 6.45) is 4.38. The van der Waals surface area contributed by atoms with Gasteiger partial charge in [0.1, 0.15) is 6.10 Å². The zero-order valence-electron chi connectivity index (χ0n) is 7.78. The molecule has 2 heterocycles. The van der Waals surface area contributed by atoms with Gasteiger partial charge in [-0.3, -0.25) is 0 Å². The summed E-state index contributed by atoms with van der Waals surface area (Å²) < 4.78 is 6.76. The van der Waals surface area contributed by atoms with Crippen molar-refractivity contribution in [3.63, 3.8) is 0 Å². The average molecular weight is 274 g/mol. The summed E-state index contributed by atoms with van der Waals surface area (Å²) in [5, 5.41) is 0. The first-order chi connectivity index (χ1) is 6.86. The standard InChI is InChI=1S/C10H12BrNOS/c11-9-2-1-5-12-10(9)13-8-3-6-14-7-4-8/h1-2,5,8H,3-4,6-7H2. The number of hydrogen-bond acceptors (Lipinski definition) is 3. The fraction of sp³-hybridized carbons (Fsp3) is 0.500. The Hall–Kier alpha value is -0.220. The number of rotatable bonds is 2. The lowest BCUT2D eigenvalue weighted by Gasteiger charge is -2.22. The molecule has 14 heavy (non-hydrogen) atoms. The molecule has 0 aromatic carbocycles. The third-order valence-electron chi connectivity index (χ3n) is 2.17. The lowest BCUT2D eigenvalue weighted by Crippen LogP contribution is -2.22. The van der Waals surface area contributed by atoms with Gasteiger partial charge in [0.05, 0.1) is 4.47 Å². The summed E-state index contributed by atoms with van der Waals surface area (Å²) in [7, 11) is 0. The van der Waals surface area contributed by atoms with Crippen molar-refractivity contribution in [2.75, 3.05) is 11.5 Å². The van der Waals surface area contributed by atoms with Crippen LogP contribution in [0.2, 0.25) is 0 Å². The fourth-order valence-corrected chi connectivity index (χ4v) is 2.82. The van der Waals surface area contributed by atoms with Crippen molar-refractivity contribution in [3.05, 3.63) is 22.8 Å². The lowest BCUT2D eigenvalue weighted by molar-refractivity contribution is 0.183. The number of halogens is 1. The number of nitrogens with zero attached hydrogens (tertiary/aromatic N) is 1. The van der Waals surface area contributed by atoms with Crippen LogP contribution >= 0.6 is 27.7 Å². The van der Waals surface area contributed by atoms with Crippen LogP contribution in [0, 0.1) is 0 Å². The molecule has 0 saturated carbocycles. The topological polar surface area (TPSA) is 22.1 Å². The molecule has 0 radical (unpaired) electrons. The van der Waals surface area contributed by atoms with Crippen LogP contribution in [0.5, 0.6) is 5.88 Å². The second-order valence-electron chi connectivity index (χ2n) is 3.22. The monoisotopic (exact) mass is 273 g/mol. The van der Waals surface area contributed by atoms with E-state index < -0.39 is 0 Å². The molecule has 1 aliphatic heterocycles. The van der Waals surface area contributed by atoms with E-state index in [0.717, 1.165) is 23.2 Å². The first-order valence-corrected chi connectivity index (χ1v) is 6.66. The smallest absolute Gasteiger partial charge is 0.228 e. The first kappa shape index (κ1) is 10.3. The summed E-state index contributed by atoms with van der Waals surface area (Å²) in [6.45, 7) is 0. The van der Waals surface area contributed by atoms with Gasteiger partial charge in [-0.2, -0.15) is 11.8 Å². The van der Waals surface area contributed by atoms with Gasteiger partial charge in [0.2, 0.25) is 5.88 Å². The van der Waals surface area contributed by atoms with Gasteiger partial charge in [-0.25, -0.2) is 4.98 Å². The SMILES string of the molecule is Brc1cccnc1OC1CCSCC1. The van der Waals surface area contributed by atoms with Crippen molar-refractivity contribution < 1.29 is 4.74 Å². The van der Waals surface area contributed by atoms with Gasteiger partial charge < -0.3 is 4.74 Å². The van der Waals surface area contributed by atoms with Crippen molar-refractivity contribution in [3.8, 4) is 5.88 Å². The van der Waals surface area contributed by atoms with Gasteiger partial charge in [-0.15, -0.1) is 0 Å². The molecule has 2 rings (SSSR count). The van der Waals surface area contributed by atoms with Crippen molar-refractivity contribution in [2.24, 2.45) is 0 Å². The zero-order chi connectivity index (χ0) is 9.80. The summed E-state index contributed by atoms with van der Waals surface area (Å²) in [4.78, 5) is 4.20. The maximum Gasteiger partial charge on any atom is 0.228 e. The van der Waals surface area contributed by atoms with E-state index in [-0.39, 0.29) is 0 Å². The maximum absolute atomic E-state index is 5.81. The molecule has 4 heteroatoms. The number of ether oxygens (including phenoxy) is 1. The molecule has 0 aliphatic carbocycles. The Balaban J connectivity index is 1.99. The van der Waals surface area contributed by atoms with E-state index in [1.807, 2.05) is 23.9 Å². The summed E-state index contributed by atoms with van der Waals surface area (Å²) in [6, 6.07) is 3.85. The molecule has 0 spiro atoms. The predicted octanol–water partition coefficient (Wildman–Crippen LogP) is 3.12. The van der Waals surface area contributed by atoms with Crippen LogP contribution in [0.15, 0.2) is 22.8 Å². The highest BCUT2D eigenvalue weighted by molar-refractivity contribution is 9.10. The van der Waals surface area contributed by atoms with Gasteiger partial charge >= 0.3 is 0 Å². The molecule has 2 nitrogen and oxygen atoms in total. The molecule has 1 fully saturated rings. The fourth-order valence-electron chi connectivity index (χ4n) is 1.41. The third kappa shape index (κ3) is 2.64. The van der Waals surface area contributed by atoms with Crippen molar-refractivity contribution >= 4 is 27.7 Å². The third-order valence-corrected chi connectivity index (χ3v) is 3.82. The molecule has 76 valence electrons. The molecular weight excluding hydrogens is 262 g/mol. The van der Waals surface area contributed by atoms with Crippen molar-refractivity contribution in [2.45, 2.75) is 18.9 Å². The second-order valence-corrected chi connectivity index (χ2v) is 5.30. The summed E-state index contributed by atoms with van der Waals surface area (Å²) >= 11 is 5.43. The molecule has 1 aromatic rings. The number of hydrogen-bond donors (Lipinski definition) is 0. The van der Waals surface area contributed by atoms with Crippen LogP contribution in [0.25, 0.3) is 0 Å². The van der Waals surface area contributed by atoms with Gasteiger partial charge in [-0.05, 0) is 52.4 Å². The number of pyridine rings is 1. The number of aromatic nitrogens is 1. The van der Waals surface area contributed by atoms with Gasteiger partial charge in [0, 0.05) is 6.20 Å². The van der Waals surface area contributed by atoms with E-state index in [4.69, 9.17) is 4.74 Å². The van der Waals surface area contributed by atoms with Crippen molar-refractivity contribution in [1.29, 1.82) is 0 Å². The van der Waals surface area contributed by atoms with E-state index >= 15 is 0 Å². The average Bonchev–Trinajstić information content (AvgIpc) is 2.23. The van der Waals surface area contributed by atoms with Crippen LogP contribution in [-0.2, 0) is 0 Å². The maximum atomic E-state index is 5.81. The quantitative estimate of drug-likeness (QED) is 0.827. The van der Waals surface area contributed by atoms with E-state index in [2.05, 4.69) is 20.9 Å². The molecule has 0 amide bonds. The first-order valence-electron chi connectivity index (χ1n) is 4.71. The van der Waals surface area contributed by atoms with Gasteiger partial charge in [-0.1, -0.05) is 0 Å². The zero-order valence-corrected chi connectivity index (χ0v) is 10.2.